The number of hydrogen-bond donors (Lipinski definition) is 1. The molecule has 100 valence electrons. The zero-order valence-electron chi connectivity index (χ0n) is 11.1. The molecular formula is C15H12N2O2S. The van der Waals surface area contributed by atoms with Crippen molar-refractivity contribution >= 4 is 34.8 Å². The monoisotopic (exact) mass is 284 g/mol. The van der Waals surface area contributed by atoms with Crippen molar-refractivity contribution in [3.05, 3.63) is 51.0 Å². The molecule has 1 N–H and O–H groups in total. The standard InChI is InChI=1S/C15H12N2O2S/c1-8-13(20-9(2)16-8)7-12-10-5-3-4-6-11(10)14(18)17-15(12)19/h3-7H,1-2H3,(H,17,18,19). The summed E-state index contributed by atoms with van der Waals surface area (Å²) in [6, 6.07) is 7.12. The number of rotatable bonds is 1. The van der Waals surface area contributed by atoms with Gasteiger partial charge >= 0.3 is 0 Å². The second kappa shape index (κ2) is 4.68. The van der Waals surface area contributed by atoms with Crippen LogP contribution >= 0.6 is 11.3 Å². The van der Waals surface area contributed by atoms with E-state index in [4.69, 9.17) is 0 Å². The molecule has 0 aliphatic carbocycles. The Balaban J connectivity index is 2.18. The lowest BCUT2D eigenvalue weighted by molar-refractivity contribution is -0.114. The van der Waals surface area contributed by atoms with Gasteiger partial charge in [-0.15, -0.1) is 11.3 Å². The van der Waals surface area contributed by atoms with Gasteiger partial charge in [-0.2, -0.15) is 0 Å². The molecule has 1 aliphatic rings. The first-order valence-corrected chi connectivity index (χ1v) is 6.98. The highest BCUT2D eigenvalue weighted by atomic mass is 32.1. The Labute approximate surface area is 120 Å². The highest BCUT2D eigenvalue weighted by Crippen LogP contribution is 2.28. The van der Waals surface area contributed by atoms with Crippen molar-refractivity contribution in [2.45, 2.75) is 13.8 Å². The van der Waals surface area contributed by atoms with E-state index in [-0.39, 0.29) is 11.8 Å². The van der Waals surface area contributed by atoms with Crippen molar-refractivity contribution in [2.75, 3.05) is 0 Å². The molecule has 0 saturated heterocycles. The first-order valence-electron chi connectivity index (χ1n) is 6.17. The number of aryl methyl sites for hydroxylation is 2. The Hall–Kier alpha value is -2.27. The summed E-state index contributed by atoms with van der Waals surface area (Å²) in [5, 5.41) is 3.32. The highest BCUT2D eigenvalue weighted by Gasteiger charge is 2.26. The van der Waals surface area contributed by atoms with E-state index in [2.05, 4.69) is 10.3 Å². The molecule has 1 aromatic carbocycles. The number of carbonyl (C=O) groups excluding carboxylic acids is 2. The fourth-order valence-electron chi connectivity index (χ4n) is 2.23. The molecule has 0 unspecified atom stereocenters. The van der Waals surface area contributed by atoms with Crippen LogP contribution in [0.25, 0.3) is 11.6 Å². The van der Waals surface area contributed by atoms with Crippen LogP contribution in [-0.2, 0) is 4.79 Å². The van der Waals surface area contributed by atoms with E-state index in [1.54, 1.807) is 24.3 Å². The van der Waals surface area contributed by atoms with Crippen LogP contribution in [0.1, 0.15) is 31.5 Å². The topological polar surface area (TPSA) is 59.1 Å². The van der Waals surface area contributed by atoms with Crippen LogP contribution in [0.3, 0.4) is 0 Å². The average molecular weight is 284 g/mol. The van der Waals surface area contributed by atoms with Gasteiger partial charge in [-0.1, -0.05) is 18.2 Å². The molecule has 0 radical (unpaired) electrons. The Morgan fingerprint density at radius 3 is 2.45 bits per heavy atom. The van der Waals surface area contributed by atoms with Crippen LogP contribution in [-0.4, -0.2) is 16.8 Å². The summed E-state index contributed by atoms with van der Waals surface area (Å²) in [5.74, 6) is -0.709. The van der Waals surface area contributed by atoms with Crippen molar-refractivity contribution in [3.8, 4) is 0 Å². The van der Waals surface area contributed by atoms with Gasteiger partial charge in [0.15, 0.2) is 0 Å². The fourth-order valence-corrected chi connectivity index (χ4v) is 3.10. The van der Waals surface area contributed by atoms with E-state index < -0.39 is 0 Å². The molecule has 0 fully saturated rings. The third-order valence-electron chi connectivity index (χ3n) is 3.15. The maximum Gasteiger partial charge on any atom is 0.258 e. The molecule has 20 heavy (non-hydrogen) atoms. The van der Waals surface area contributed by atoms with Gasteiger partial charge in [0.25, 0.3) is 11.8 Å². The second-order valence-electron chi connectivity index (χ2n) is 4.57. The molecule has 5 heteroatoms. The van der Waals surface area contributed by atoms with Crippen LogP contribution < -0.4 is 5.32 Å². The van der Waals surface area contributed by atoms with E-state index in [0.717, 1.165) is 15.6 Å². The summed E-state index contributed by atoms with van der Waals surface area (Å²) < 4.78 is 0. The number of amides is 2. The van der Waals surface area contributed by atoms with Gasteiger partial charge in [0, 0.05) is 11.1 Å². The number of thiazole rings is 1. The van der Waals surface area contributed by atoms with Gasteiger partial charge in [-0.05, 0) is 31.6 Å². The Bertz CT molecular complexity index is 759. The summed E-state index contributed by atoms with van der Waals surface area (Å²) >= 11 is 1.53. The van der Waals surface area contributed by atoms with Crippen LogP contribution in [0.4, 0.5) is 0 Å². The molecule has 4 nitrogen and oxygen atoms in total. The maximum absolute atomic E-state index is 12.1. The van der Waals surface area contributed by atoms with Crippen molar-refractivity contribution < 1.29 is 9.59 Å². The minimum absolute atomic E-state index is 0.347. The number of benzene rings is 1. The number of nitrogens with one attached hydrogen (secondary N) is 1. The Morgan fingerprint density at radius 1 is 1.10 bits per heavy atom. The molecule has 0 atom stereocenters. The van der Waals surface area contributed by atoms with Gasteiger partial charge in [0.05, 0.1) is 15.6 Å². The third-order valence-corrected chi connectivity index (χ3v) is 4.17. The number of nitrogens with zero attached hydrogens (tertiary/aromatic N) is 1. The van der Waals surface area contributed by atoms with E-state index in [0.29, 0.717) is 16.7 Å². The van der Waals surface area contributed by atoms with E-state index >= 15 is 0 Å². The summed E-state index contributed by atoms with van der Waals surface area (Å²) in [7, 11) is 0. The first kappa shape index (κ1) is 12.7. The van der Waals surface area contributed by atoms with Crippen molar-refractivity contribution in [2.24, 2.45) is 0 Å². The van der Waals surface area contributed by atoms with Gasteiger partial charge in [0.2, 0.25) is 0 Å². The summed E-state index contributed by atoms with van der Waals surface area (Å²) in [6.45, 7) is 3.84. The zero-order chi connectivity index (χ0) is 14.3. The molecule has 1 aliphatic heterocycles. The lowest BCUT2D eigenvalue weighted by Crippen LogP contribution is -2.36. The quantitative estimate of drug-likeness (QED) is 0.647. The molecule has 2 aromatic rings. The van der Waals surface area contributed by atoms with Gasteiger partial charge < -0.3 is 0 Å². The average Bonchev–Trinajstić information content (AvgIpc) is 2.73. The smallest absolute Gasteiger partial charge is 0.258 e. The summed E-state index contributed by atoms with van der Waals surface area (Å²) in [5.41, 5.74) is 2.60. The number of carbonyl (C=O) groups is 2. The fraction of sp³-hybridized carbons (Fsp3) is 0.133. The SMILES string of the molecule is Cc1nc(C)c(C=C2C(=O)NC(=O)c3ccccc32)s1. The van der Waals surface area contributed by atoms with E-state index in [1.807, 2.05) is 19.9 Å². The molecule has 0 spiro atoms. The van der Waals surface area contributed by atoms with Crippen LogP contribution in [0.5, 0.6) is 0 Å². The van der Waals surface area contributed by atoms with Gasteiger partial charge in [-0.25, -0.2) is 4.98 Å². The van der Waals surface area contributed by atoms with Gasteiger partial charge in [-0.3, -0.25) is 14.9 Å². The Kier molecular flexibility index (Phi) is 2.99. The van der Waals surface area contributed by atoms with Crippen molar-refractivity contribution in [1.82, 2.24) is 10.3 Å². The third kappa shape index (κ3) is 2.06. The highest BCUT2D eigenvalue weighted by molar-refractivity contribution is 7.12. The minimum atomic E-state index is -0.362. The lowest BCUT2D eigenvalue weighted by Gasteiger charge is -2.17. The molecule has 0 saturated carbocycles. The molecule has 3 rings (SSSR count). The summed E-state index contributed by atoms with van der Waals surface area (Å²) in [4.78, 5) is 29.2. The molecular weight excluding hydrogens is 272 g/mol. The number of imide groups is 1. The van der Waals surface area contributed by atoms with Crippen molar-refractivity contribution in [3.63, 3.8) is 0 Å². The van der Waals surface area contributed by atoms with E-state index in [9.17, 15) is 9.59 Å². The van der Waals surface area contributed by atoms with Crippen molar-refractivity contribution in [1.29, 1.82) is 0 Å². The zero-order valence-corrected chi connectivity index (χ0v) is 11.9. The van der Waals surface area contributed by atoms with Crippen LogP contribution in [0.2, 0.25) is 0 Å². The van der Waals surface area contributed by atoms with Crippen LogP contribution in [0.15, 0.2) is 24.3 Å². The van der Waals surface area contributed by atoms with Crippen LogP contribution in [0, 0.1) is 13.8 Å². The largest absolute Gasteiger partial charge is 0.288 e. The summed E-state index contributed by atoms with van der Waals surface area (Å²) in [6.07, 6.45) is 1.81. The normalized spacial score (nSPS) is 16.2. The molecule has 0 bridgehead atoms. The minimum Gasteiger partial charge on any atom is -0.288 e. The maximum atomic E-state index is 12.1. The number of hydrogen-bond acceptors (Lipinski definition) is 4. The molecule has 2 amide bonds. The number of fused-ring (bicyclic) bond motifs is 1. The first-order chi connectivity index (χ1) is 9.56. The predicted octanol–water partition coefficient (Wildman–Crippen LogP) is 2.57. The number of aromatic nitrogens is 1. The lowest BCUT2D eigenvalue weighted by atomic mass is 9.94. The van der Waals surface area contributed by atoms with Gasteiger partial charge in [0.1, 0.15) is 0 Å². The Morgan fingerprint density at radius 2 is 1.80 bits per heavy atom. The molecule has 1 aromatic heterocycles. The second-order valence-corrected chi connectivity index (χ2v) is 5.80. The predicted molar refractivity (Wildman–Crippen MR) is 78.4 cm³/mol. The van der Waals surface area contributed by atoms with E-state index in [1.165, 1.54) is 11.3 Å². The molecule has 2 heterocycles.